The fraction of sp³-hybridized carbons (Fsp3) is 0.364. The van der Waals surface area contributed by atoms with Crippen LogP contribution in [0.25, 0.3) is 0 Å². The second-order valence-electron chi connectivity index (χ2n) is 3.89. The third kappa shape index (κ3) is 2.51. The molecule has 1 aromatic carbocycles. The van der Waals surface area contributed by atoms with Crippen molar-refractivity contribution in [1.29, 1.82) is 0 Å². The Balaban J connectivity index is 3.30. The maximum Gasteiger partial charge on any atom is 0.239 e. The highest BCUT2D eigenvalue weighted by Gasteiger charge is 2.23. The van der Waals surface area contributed by atoms with Crippen molar-refractivity contribution in [1.82, 2.24) is 4.90 Å². The Morgan fingerprint density at radius 3 is 2.50 bits per heavy atom. The topological polar surface area (TPSA) is 46.3 Å². The molecule has 5 heteroatoms. The van der Waals surface area contributed by atoms with E-state index in [4.69, 9.17) is 17.3 Å². The van der Waals surface area contributed by atoms with E-state index in [1.54, 1.807) is 25.9 Å². The molecule has 1 unspecified atom stereocenters. The molecule has 0 heterocycles. The molecule has 88 valence electrons. The number of rotatable bonds is 3. The minimum Gasteiger partial charge on any atom is -0.368 e. The summed E-state index contributed by atoms with van der Waals surface area (Å²) in [5, 5.41) is 0.344. The van der Waals surface area contributed by atoms with E-state index in [-0.39, 0.29) is 0 Å². The molecule has 0 spiro atoms. The van der Waals surface area contributed by atoms with Crippen molar-refractivity contribution in [2.75, 3.05) is 14.1 Å². The van der Waals surface area contributed by atoms with Gasteiger partial charge in [-0.3, -0.25) is 9.69 Å². The fourth-order valence-corrected chi connectivity index (χ4v) is 1.88. The first-order chi connectivity index (χ1) is 7.34. The summed E-state index contributed by atoms with van der Waals surface area (Å²) in [5.41, 5.74) is 6.10. The van der Waals surface area contributed by atoms with Crippen LogP contribution in [0.1, 0.15) is 17.2 Å². The lowest BCUT2D eigenvalue weighted by Crippen LogP contribution is -2.33. The molecule has 2 N–H and O–H groups in total. The molecule has 1 aromatic rings. The fourth-order valence-electron chi connectivity index (χ4n) is 1.56. The quantitative estimate of drug-likeness (QED) is 0.883. The lowest BCUT2D eigenvalue weighted by Gasteiger charge is -2.22. The summed E-state index contributed by atoms with van der Waals surface area (Å²) < 4.78 is 13.4. The Bertz CT molecular complexity index is 421. The minimum absolute atomic E-state index is 0.344. The number of primary amides is 1. The largest absolute Gasteiger partial charge is 0.368 e. The molecule has 0 aliphatic carbocycles. The molecule has 0 aromatic heterocycles. The van der Waals surface area contributed by atoms with Crippen molar-refractivity contribution in [2.45, 2.75) is 13.0 Å². The molecule has 0 fully saturated rings. The molecular formula is C11H14ClFN2O. The summed E-state index contributed by atoms with van der Waals surface area (Å²) in [5.74, 6) is -0.956. The van der Waals surface area contributed by atoms with Crippen molar-refractivity contribution in [3.05, 3.63) is 34.1 Å². The van der Waals surface area contributed by atoms with Gasteiger partial charge in [-0.05, 0) is 38.7 Å². The lowest BCUT2D eigenvalue weighted by molar-refractivity contribution is -0.122. The number of carbonyl (C=O) groups excluding carboxylic acids is 1. The van der Waals surface area contributed by atoms with Gasteiger partial charge in [0.15, 0.2) is 0 Å². The number of benzene rings is 1. The molecule has 0 aliphatic heterocycles. The van der Waals surface area contributed by atoms with E-state index < -0.39 is 17.8 Å². The highest BCUT2D eigenvalue weighted by atomic mass is 35.5. The monoisotopic (exact) mass is 244 g/mol. The summed E-state index contributed by atoms with van der Waals surface area (Å²) in [7, 11) is 3.37. The van der Waals surface area contributed by atoms with E-state index >= 15 is 0 Å². The van der Waals surface area contributed by atoms with Crippen LogP contribution < -0.4 is 5.73 Å². The molecule has 0 radical (unpaired) electrons. The number of aryl methyl sites for hydroxylation is 1. The molecule has 16 heavy (non-hydrogen) atoms. The second-order valence-corrected chi connectivity index (χ2v) is 4.30. The summed E-state index contributed by atoms with van der Waals surface area (Å²) in [6.07, 6.45) is 0. The number of carbonyl (C=O) groups is 1. The maximum atomic E-state index is 13.4. The first kappa shape index (κ1) is 12.9. The summed E-state index contributed by atoms with van der Waals surface area (Å²) in [6.45, 7) is 1.61. The number of hydrogen-bond donors (Lipinski definition) is 1. The molecule has 0 saturated heterocycles. The molecule has 0 bridgehead atoms. The number of nitrogens with two attached hydrogens (primary N) is 1. The van der Waals surface area contributed by atoms with Gasteiger partial charge in [0.25, 0.3) is 0 Å². The highest BCUT2D eigenvalue weighted by Crippen LogP contribution is 2.28. The number of likely N-dealkylation sites (N-methyl/N-ethyl adjacent to an activating group) is 1. The molecule has 3 nitrogen and oxygen atoms in total. The maximum absolute atomic E-state index is 13.4. The minimum atomic E-state index is -0.720. The predicted molar refractivity (Wildman–Crippen MR) is 61.8 cm³/mol. The van der Waals surface area contributed by atoms with Gasteiger partial charge in [-0.2, -0.15) is 0 Å². The molecule has 1 atom stereocenters. The molecule has 0 saturated carbocycles. The highest BCUT2D eigenvalue weighted by molar-refractivity contribution is 6.31. The van der Waals surface area contributed by atoms with Crippen molar-refractivity contribution in [3.8, 4) is 0 Å². The van der Waals surface area contributed by atoms with Crippen LogP contribution in [0.15, 0.2) is 12.1 Å². The Morgan fingerprint density at radius 2 is 2.06 bits per heavy atom. The van der Waals surface area contributed by atoms with Crippen molar-refractivity contribution in [2.24, 2.45) is 5.73 Å². The smallest absolute Gasteiger partial charge is 0.239 e. The van der Waals surface area contributed by atoms with E-state index in [9.17, 15) is 9.18 Å². The normalized spacial score (nSPS) is 12.9. The molecule has 1 rings (SSSR count). The van der Waals surface area contributed by atoms with E-state index in [0.29, 0.717) is 16.1 Å². The SMILES string of the molecule is Cc1cc(Cl)c(C(C(N)=O)N(C)C)cc1F. The lowest BCUT2D eigenvalue weighted by atomic mass is 10.0. The molecular weight excluding hydrogens is 231 g/mol. The zero-order valence-electron chi connectivity index (χ0n) is 9.42. The summed E-state index contributed by atoms with van der Waals surface area (Å²) >= 11 is 5.98. The van der Waals surface area contributed by atoms with Crippen LogP contribution >= 0.6 is 11.6 Å². The van der Waals surface area contributed by atoms with Gasteiger partial charge in [-0.1, -0.05) is 11.6 Å². The van der Waals surface area contributed by atoms with Crippen LogP contribution in [0.4, 0.5) is 4.39 Å². The third-order valence-corrected chi connectivity index (χ3v) is 2.69. The van der Waals surface area contributed by atoms with Gasteiger partial charge in [0, 0.05) is 10.6 Å². The van der Waals surface area contributed by atoms with Gasteiger partial charge >= 0.3 is 0 Å². The van der Waals surface area contributed by atoms with Gasteiger partial charge in [0.2, 0.25) is 5.91 Å². The van der Waals surface area contributed by atoms with Crippen LogP contribution in [-0.2, 0) is 4.79 Å². The van der Waals surface area contributed by atoms with Gasteiger partial charge in [0.05, 0.1) is 0 Å². The molecule has 0 aliphatic rings. The van der Waals surface area contributed by atoms with Gasteiger partial charge in [-0.15, -0.1) is 0 Å². The van der Waals surface area contributed by atoms with E-state index in [2.05, 4.69) is 0 Å². The van der Waals surface area contributed by atoms with Gasteiger partial charge in [-0.25, -0.2) is 4.39 Å². The zero-order chi connectivity index (χ0) is 12.5. The Hall–Kier alpha value is -1.13. The average Bonchev–Trinajstić information content (AvgIpc) is 2.12. The Kier molecular flexibility index (Phi) is 3.88. The van der Waals surface area contributed by atoms with Crippen molar-refractivity contribution in [3.63, 3.8) is 0 Å². The standard InChI is InChI=1S/C11H14ClFN2O/c1-6-4-8(12)7(5-9(6)13)10(11(14)16)15(2)3/h4-5,10H,1-3H3,(H2,14,16). The first-order valence-electron chi connectivity index (χ1n) is 4.76. The van der Waals surface area contributed by atoms with Crippen LogP contribution in [0, 0.1) is 12.7 Å². The van der Waals surface area contributed by atoms with E-state index in [1.807, 2.05) is 0 Å². The van der Waals surface area contributed by atoms with Crippen LogP contribution in [0.5, 0.6) is 0 Å². The number of nitrogens with zero attached hydrogens (tertiary/aromatic N) is 1. The van der Waals surface area contributed by atoms with Gasteiger partial charge in [0.1, 0.15) is 11.9 Å². The van der Waals surface area contributed by atoms with Crippen LogP contribution in [0.2, 0.25) is 5.02 Å². The Labute approximate surface area is 99.0 Å². The average molecular weight is 245 g/mol. The Morgan fingerprint density at radius 1 is 1.50 bits per heavy atom. The first-order valence-corrected chi connectivity index (χ1v) is 5.13. The third-order valence-electron chi connectivity index (χ3n) is 2.36. The van der Waals surface area contributed by atoms with Crippen LogP contribution in [-0.4, -0.2) is 24.9 Å². The van der Waals surface area contributed by atoms with Crippen molar-refractivity contribution >= 4 is 17.5 Å². The number of hydrogen-bond acceptors (Lipinski definition) is 2. The zero-order valence-corrected chi connectivity index (χ0v) is 10.2. The second kappa shape index (κ2) is 4.80. The molecule has 1 amide bonds. The summed E-state index contributed by atoms with van der Waals surface area (Å²) in [6, 6.07) is 2.03. The van der Waals surface area contributed by atoms with Crippen molar-refractivity contribution < 1.29 is 9.18 Å². The predicted octanol–water partition coefficient (Wildman–Crippen LogP) is 1.88. The van der Waals surface area contributed by atoms with Gasteiger partial charge < -0.3 is 5.73 Å². The van der Waals surface area contributed by atoms with Crippen LogP contribution in [0.3, 0.4) is 0 Å². The summed E-state index contributed by atoms with van der Waals surface area (Å²) in [4.78, 5) is 12.9. The van der Waals surface area contributed by atoms with E-state index in [1.165, 1.54) is 12.1 Å². The van der Waals surface area contributed by atoms with E-state index in [0.717, 1.165) is 0 Å². The number of halogens is 2. The number of amides is 1.